The Morgan fingerprint density at radius 1 is 1.35 bits per heavy atom. The van der Waals surface area contributed by atoms with Gasteiger partial charge < -0.3 is 10.2 Å². The van der Waals surface area contributed by atoms with E-state index in [-0.39, 0.29) is 11.7 Å². The molecule has 0 aliphatic heterocycles. The fourth-order valence-corrected chi connectivity index (χ4v) is 1.49. The lowest BCUT2D eigenvalue weighted by Crippen LogP contribution is -2.08. The van der Waals surface area contributed by atoms with Gasteiger partial charge in [-0.2, -0.15) is 4.98 Å². The fourth-order valence-electron chi connectivity index (χ4n) is 1.13. The van der Waals surface area contributed by atoms with Crippen LogP contribution in [0.3, 0.4) is 0 Å². The number of hydrazine groups is 1. The van der Waals surface area contributed by atoms with Crippen molar-refractivity contribution in [2.75, 3.05) is 5.43 Å². The van der Waals surface area contributed by atoms with E-state index >= 15 is 0 Å². The van der Waals surface area contributed by atoms with Gasteiger partial charge in [0.2, 0.25) is 5.88 Å². The summed E-state index contributed by atoms with van der Waals surface area (Å²) in [6, 6.07) is 4.28. The van der Waals surface area contributed by atoms with Crippen LogP contribution in [0.5, 0.6) is 11.6 Å². The molecule has 0 radical (unpaired) electrons. The van der Waals surface area contributed by atoms with Gasteiger partial charge in [0.15, 0.2) is 5.82 Å². The Balaban J connectivity index is 2.22. The Morgan fingerprint density at radius 2 is 2.18 bits per heavy atom. The Kier molecular flexibility index (Phi) is 3.50. The van der Waals surface area contributed by atoms with E-state index in [4.69, 9.17) is 10.6 Å². The molecular formula is C10H8BrFN4O. The van der Waals surface area contributed by atoms with Crippen LogP contribution in [0.15, 0.2) is 35.1 Å². The number of hydrogen-bond donors (Lipinski definition) is 2. The van der Waals surface area contributed by atoms with Crippen LogP contribution in [-0.4, -0.2) is 9.97 Å². The number of nitrogens with one attached hydrogen (secondary N) is 1. The number of nitrogens with zero attached hydrogens (tertiary/aromatic N) is 2. The number of nitrogen functional groups attached to an aromatic ring is 1. The molecule has 0 fully saturated rings. The number of ether oxygens (including phenoxy) is 1. The highest BCUT2D eigenvalue weighted by Crippen LogP contribution is 2.25. The summed E-state index contributed by atoms with van der Waals surface area (Å²) in [5, 5.41) is 0. The molecule has 88 valence electrons. The zero-order chi connectivity index (χ0) is 12.3. The van der Waals surface area contributed by atoms with Crippen molar-refractivity contribution < 1.29 is 9.13 Å². The molecule has 2 aromatic rings. The van der Waals surface area contributed by atoms with Gasteiger partial charge in [0.05, 0.1) is 16.9 Å². The van der Waals surface area contributed by atoms with E-state index in [0.29, 0.717) is 16.0 Å². The topological polar surface area (TPSA) is 73.1 Å². The van der Waals surface area contributed by atoms with Crippen LogP contribution >= 0.6 is 15.9 Å². The molecule has 3 N–H and O–H groups in total. The zero-order valence-corrected chi connectivity index (χ0v) is 10.1. The highest BCUT2D eigenvalue weighted by atomic mass is 79.9. The van der Waals surface area contributed by atoms with Crippen molar-refractivity contribution in [3.8, 4) is 11.6 Å². The molecule has 0 aliphatic carbocycles. The number of anilines is 1. The zero-order valence-electron chi connectivity index (χ0n) is 8.52. The van der Waals surface area contributed by atoms with E-state index in [2.05, 4.69) is 31.3 Å². The van der Waals surface area contributed by atoms with Crippen LogP contribution in [-0.2, 0) is 0 Å². The summed E-state index contributed by atoms with van der Waals surface area (Å²) >= 11 is 3.06. The molecule has 0 aliphatic rings. The minimum Gasteiger partial charge on any atom is -0.437 e. The van der Waals surface area contributed by atoms with E-state index < -0.39 is 0 Å². The largest absolute Gasteiger partial charge is 0.437 e. The van der Waals surface area contributed by atoms with Gasteiger partial charge in [-0.3, -0.25) is 4.98 Å². The number of halogens is 2. The van der Waals surface area contributed by atoms with Gasteiger partial charge in [0, 0.05) is 0 Å². The first-order valence-electron chi connectivity index (χ1n) is 4.60. The number of benzene rings is 1. The smallest absolute Gasteiger partial charge is 0.239 e. The molecule has 1 heterocycles. The lowest BCUT2D eigenvalue weighted by molar-refractivity contribution is 0.458. The molecule has 2 rings (SSSR count). The maximum Gasteiger partial charge on any atom is 0.239 e. The Labute approximate surface area is 105 Å². The predicted molar refractivity (Wildman–Crippen MR) is 64.0 cm³/mol. The fraction of sp³-hybridized carbons (Fsp3) is 0. The standard InChI is InChI=1S/C10H8BrFN4O/c11-7-3-6(1-2-8(7)12)17-10-5-14-4-9(15-10)16-13/h1-5H,13H2,(H,15,16). The average Bonchev–Trinajstić information content (AvgIpc) is 2.34. The van der Waals surface area contributed by atoms with E-state index in [1.54, 1.807) is 0 Å². The highest BCUT2D eigenvalue weighted by Gasteiger charge is 2.04. The van der Waals surface area contributed by atoms with Crippen molar-refractivity contribution in [3.05, 3.63) is 40.9 Å². The minimum absolute atomic E-state index is 0.263. The van der Waals surface area contributed by atoms with Gasteiger partial charge in [0.1, 0.15) is 11.6 Å². The third-order valence-corrected chi connectivity index (χ3v) is 2.48. The Morgan fingerprint density at radius 3 is 2.88 bits per heavy atom. The second-order valence-corrected chi connectivity index (χ2v) is 3.92. The summed E-state index contributed by atoms with van der Waals surface area (Å²) in [7, 11) is 0. The Hall–Kier alpha value is -1.73. The molecule has 1 aromatic heterocycles. The second-order valence-electron chi connectivity index (χ2n) is 3.06. The summed E-state index contributed by atoms with van der Waals surface area (Å²) in [4.78, 5) is 7.88. The summed E-state index contributed by atoms with van der Waals surface area (Å²) < 4.78 is 18.7. The molecule has 0 amide bonds. The number of hydrogen-bond acceptors (Lipinski definition) is 5. The number of rotatable bonds is 3. The second kappa shape index (κ2) is 5.07. The van der Waals surface area contributed by atoms with Gasteiger partial charge in [0.25, 0.3) is 0 Å². The van der Waals surface area contributed by atoms with Crippen LogP contribution in [0.4, 0.5) is 10.2 Å². The molecule has 0 saturated heterocycles. The average molecular weight is 299 g/mol. The Bertz CT molecular complexity index is 537. The van der Waals surface area contributed by atoms with Gasteiger partial charge in [-0.15, -0.1) is 0 Å². The summed E-state index contributed by atoms with van der Waals surface area (Å²) in [6.07, 6.45) is 2.88. The first-order valence-corrected chi connectivity index (χ1v) is 5.40. The van der Waals surface area contributed by atoms with Crippen molar-refractivity contribution in [1.29, 1.82) is 0 Å². The van der Waals surface area contributed by atoms with E-state index in [9.17, 15) is 4.39 Å². The van der Waals surface area contributed by atoms with Crippen LogP contribution in [0, 0.1) is 5.82 Å². The van der Waals surface area contributed by atoms with Crippen LogP contribution in [0.25, 0.3) is 0 Å². The molecule has 5 nitrogen and oxygen atoms in total. The molecule has 0 spiro atoms. The summed E-state index contributed by atoms with van der Waals surface area (Å²) in [5.41, 5.74) is 2.35. The maximum absolute atomic E-state index is 13.0. The maximum atomic E-state index is 13.0. The van der Waals surface area contributed by atoms with E-state index in [1.165, 1.54) is 30.6 Å². The van der Waals surface area contributed by atoms with Crippen molar-refractivity contribution in [2.45, 2.75) is 0 Å². The van der Waals surface area contributed by atoms with Crippen LogP contribution in [0.1, 0.15) is 0 Å². The van der Waals surface area contributed by atoms with Gasteiger partial charge in [-0.25, -0.2) is 10.2 Å². The van der Waals surface area contributed by atoms with Crippen molar-refractivity contribution in [3.63, 3.8) is 0 Å². The van der Waals surface area contributed by atoms with Gasteiger partial charge >= 0.3 is 0 Å². The third-order valence-electron chi connectivity index (χ3n) is 1.87. The highest BCUT2D eigenvalue weighted by molar-refractivity contribution is 9.10. The van der Waals surface area contributed by atoms with Gasteiger partial charge in [-0.1, -0.05) is 0 Å². The molecule has 0 atom stereocenters. The van der Waals surface area contributed by atoms with Gasteiger partial charge in [-0.05, 0) is 34.1 Å². The molecule has 0 saturated carbocycles. The molecule has 1 aromatic carbocycles. The number of aromatic nitrogens is 2. The third kappa shape index (κ3) is 2.89. The molecule has 0 unspecified atom stereocenters. The van der Waals surface area contributed by atoms with Crippen molar-refractivity contribution >= 4 is 21.7 Å². The predicted octanol–water partition coefficient (Wildman–Crippen LogP) is 2.46. The summed E-state index contributed by atoms with van der Waals surface area (Å²) in [5.74, 6) is 5.92. The lowest BCUT2D eigenvalue weighted by Gasteiger charge is -2.06. The van der Waals surface area contributed by atoms with Crippen molar-refractivity contribution in [2.24, 2.45) is 5.84 Å². The molecule has 7 heteroatoms. The lowest BCUT2D eigenvalue weighted by atomic mass is 10.3. The monoisotopic (exact) mass is 298 g/mol. The normalized spacial score (nSPS) is 10.1. The molecule has 0 bridgehead atoms. The SMILES string of the molecule is NNc1cncc(Oc2ccc(F)c(Br)c2)n1. The minimum atomic E-state index is -0.360. The van der Waals surface area contributed by atoms with Crippen molar-refractivity contribution in [1.82, 2.24) is 9.97 Å². The molecule has 17 heavy (non-hydrogen) atoms. The number of nitrogens with two attached hydrogens (primary N) is 1. The quantitative estimate of drug-likeness (QED) is 0.673. The first kappa shape index (κ1) is 11.7. The molecular weight excluding hydrogens is 291 g/mol. The van der Waals surface area contributed by atoms with E-state index in [0.717, 1.165) is 0 Å². The van der Waals surface area contributed by atoms with Crippen LogP contribution in [0.2, 0.25) is 0 Å². The van der Waals surface area contributed by atoms with Crippen LogP contribution < -0.4 is 16.0 Å². The first-order chi connectivity index (χ1) is 8.19. The van der Waals surface area contributed by atoms with E-state index in [1.807, 2.05) is 0 Å². The summed E-state index contributed by atoms with van der Waals surface area (Å²) in [6.45, 7) is 0.